The van der Waals surface area contributed by atoms with Crippen LogP contribution in [0.15, 0.2) is 18.2 Å². The quantitative estimate of drug-likeness (QED) is 0.719. The average Bonchev–Trinajstić information content (AvgIpc) is 2.00. The van der Waals surface area contributed by atoms with Gasteiger partial charge in [-0.2, -0.15) is 0 Å². The van der Waals surface area contributed by atoms with Gasteiger partial charge in [0.25, 0.3) is 0 Å². The summed E-state index contributed by atoms with van der Waals surface area (Å²) in [7, 11) is 0. The number of halogens is 1. The molecule has 0 saturated heterocycles. The molecule has 0 fully saturated rings. The third-order valence-electron chi connectivity index (χ3n) is 2.22. The number of hydrogen-bond acceptors (Lipinski definition) is 1. The van der Waals surface area contributed by atoms with Crippen LogP contribution in [0.25, 0.3) is 0 Å². The molecule has 78 valence electrons. The minimum absolute atomic E-state index is 0.186. The molecule has 0 aliphatic rings. The molecular weight excluding hydrogens is 177 g/mol. The lowest BCUT2D eigenvalue weighted by Gasteiger charge is -2.17. The van der Waals surface area contributed by atoms with E-state index in [1.54, 1.807) is 12.1 Å². The summed E-state index contributed by atoms with van der Waals surface area (Å²) in [6.45, 7) is 6.46. The van der Waals surface area contributed by atoms with Gasteiger partial charge in [0.05, 0.1) is 0 Å². The van der Waals surface area contributed by atoms with Gasteiger partial charge in [0, 0.05) is 5.69 Å². The Morgan fingerprint density at radius 2 is 1.93 bits per heavy atom. The molecule has 0 aromatic heterocycles. The van der Waals surface area contributed by atoms with E-state index in [-0.39, 0.29) is 11.2 Å². The first kappa shape index (κ1) is 11.0. The third kappa shape index (κ3) is 3.36. The van der Waals surface area contributed by atoms with Crippen LogP contribution in [0.1, 0.15) is 32.8 Å². The van der Waals surface area contributed by atoms with Gasteiger partial charge in [0.15, 0.2) is 0 Å². The summed E-state index contributed by atoms with van der Waals surface area (Å²) in [4.78, 5) is 0. The summed E-state index contributed by atoms with van der Waals surface area (Å²) in [5.74, 6) is -0.186. The molecule has 1 aromatic carbocycles. The molecule has 0 saturated carbocycles. The van der Waals surface area contributed by atoms with Crippen molar-refractivity contribution in [1.29, 1.82) is 0 Å². The molecule has 0 amide bonds. The molecule has 0 spiro atoms. The Morgan fingerprint density at radius 3 is 2.43 bits per heavy atom. The molecule has 0 atom stereocenters. The van der Waals surface area contributed by atoms with E-state index >= 15 is 0 Å². The second kappa shape index (κ2) is 3.99. The largest absolute Gasteiger partial charge is 0.399 e. The predicted molar refractivity (Wildman–Crippen MR) is 58.6 cm³/mol. The summed E-state index contributed by atoms with van der Waals surface area (Å²) < 4.78 is 13.3. The van der Waals surface area contributed by atoms with Crippen LogP contribution in [0.2, 0.25) is 0 Å². The van der Waals surface area contributed by atoms with Crippen LogP contribution >= 0.6 is 0 Å². The van der Waals surface area contributed by atoms with E-state index in [2.05, 4.69) is 20.8 Å². The zero-order valence-corrected chi connectivity index (χ0v) is 9.10. The molecule has 14 heavy (non-hydrogen) atoms. The Labute approximate surface area is 85.1 Å². The van der Waals surface area contributed by atoms with Crippen molar-refractivity contribution < 1.29 is 4.39 Å². The van der Waals surface area contributed by atoms with Gasteiger partial charge in [-0.15, -0.1) is 0 Å². The molecule has 1 aromatic rings. The fourth-order valence-electron chi connectivity index (χ4n) is 1.28. The first-order valence-electron chi connectivity index (χ1n) is 4.92. The molecule has 0 heterocycles. The van der Waals surface area contributed by atoms with Crippen molar-refractivity contribution in [1.82, 2.24) is 0 Å². The first-order valence-corrected chi connectivity index (χ1v) is 4.92. The predicted octanol–water partition coefficient (Wildman–Crippen LogP) is 3.39. The number of nitrogens with two attached hydrogens (primary N) is 1. The average molecular weight is 195 g/mol. The highest BCUT2D eigenvalue weighted by molar-refractivity contribution is 5.40. The Bertz CT molecular complexity index is 313. The summed E-state index contributed by atoms with van der Waals surface area (Å²) >= 11 is 0. The second-order valence-corrected chi connectivity index (χ2v) is 4.91. The molecular formula is C12H18FN. The molecule has 1 rings (SSSR count). The van der Waals surface area contributed by atoms with Crippen LogP contribution in [0.5, 0.6) is 0 Å². The minimum atomic E-state index is -0.186. The number of hydrogen-bond donors (Lipinski definition) is 1. The third-order valence-corrected chi connectivity index (χ3v) is 2.22. The molecule has 2 heteroatoms. The Balaban J connectivity index is 2.68. The lowest BCUT2D eigenvalue weighted by Crippen LogP contribution is -2.07. The Kier molecular flexibility index (Phi) is 3.14. The highest BCUT2D eigenvalue weighted by atomic mass is 19.1. The fraction of sp³-hybridized carbons (Fsp3) is 0.500. The highest BCUT2D eigenvalue weighted by Crippen LogP contribution is 2.23. The maximum atomic E-state index is 13.3. The van der Waals surface area contributed by atoms with E-state index in [0.717, 1.165) is 18.4 Å². The number of nitrogen functional groups attached to an aromatic ring is 1. The van der Waals surface area contributed by atoms with Crippen LogP contribution in [0.3, 0.4) is 0 Å². The van der Waals surface area contributed by atoms with Gasteiger partial charge < -0.3 is 5.73 Å². The van der Waals surface area contributed by atoms with Crippen LogP contribution in [-0.2, 0) is 6.42 Å². The van der Waals surface area contributed by atoms with Gasteiger partial charge in [0.2, 0.25) is 0 Å². The second-order valence-electron chi connectivity index (χ2n) is 4.91. The number of rotatable bonds is 2. The summed E-state index contributed by atoms with van der Waals surface area (Å²) in [5, 5.41) is 0. The minimum Gasteiger partial charge on any atom is -0.399 e. The number of aryl methyl sites for hydroxylation is 1. The van der Waals surface area contributed by atoms with Crippen LogP contribution in [0.4, 0.5) is 10.1 Å². The van der Waals surface area contributed by atoms with Crippen molar-refractivity contribution in [2.45, 2.75) is 33.6 Å². The SMILES string of the molecule is CC(C)(C)CCc1ccc(N)cc1F. The standard InChI is InChI=1S/C12H18FN/c1-12(2,3)7-6-9-4-5-10(14)8-11(9)13/h4-5,8H,6-7,14H2,1-3H3. The molecule has 2 N–H and O–H groups in total. The first-order chi connectivity index (χ1) is 6.38. The van der Waals surface area contributed by atoms with Gasteiger partial charge in [0.1, 0.15) is 5.82 Å². The Hall–Kier alpha value is -1.05. The molecule has 0 radical (unpaired) electrons. The maximum absolute atomic E-state index is 13.3. The van der Waals surface area contributed by atoms with E-state index in [1.807, 2.05) is 0 Å². The van der Waals surface area contributed by atoms with Crippen LogP contribution < -0.4 is 5.73 Å². The number of anilines is 1. The Morgan fingerprint density at radius 1 is 1.29 bits per heavy atom. The summed E-state index contributed by atoms with van der Waals surface area (Å²) in [6.07, 6.45) is 1.75. The van der Waals surface area contributed by atoms with Crippen LogP contribution in [-0.4, -0.2) is 0 Å². The van der Waals surface area contributed by atoms with Gasteiger partial charge in [-0.3, -0.25) is 0 Å². The highest BCUT2D eigenvalue weighted by Gasteiger charge is 2.11. The van der Waals surface area contributed by atoms with Crippen molar-refractivity contribution in [2.24, 2.45) is 5.41 Å². The lowest BCUT2D eigenvalue weighted by molar-refractivity contribution is 0.375. The zero-order valence-electron chi connectivity index (χ0n) is 9.10. The monoisotopic (exact) mass is 195 g/mol. The van der Waals surface area contributed by atoms with E-state index in [0.29, 0.717) is 5.69 Å². The molecule has 0 unspecified atom stereocenters. The van der Waals surface area contributed by atoms with Crippen molar-refractivity contribution >= 4 is 5.69 Å². The molecule has 0 aliphatic heterocycles. The van der Waals surface area contributed by atoms with Gasteiger partial charge in [-0.1, -0.05) is 26.8 Å². The van der Waals surface area contributed by atoms with Crippen molar-refractivity contribution in [3.8, 4) is 0 Å². The molecule has 0 aliphatic carbocycles. The molecule has 1 nitrogen and oxygen atoms in total. The van der Waals surface area contributed by atoms with Crippen molar-refractivity contribution in [3.05, 3.63) is 29.6 Å². The summed E-state index contributed by atoms with van der Waals surface area (Å²) in [5.41, 5.74) is 6.96. The topological polar surface area (TPSA) is 26.0 Å². The van der Waals surface area contributed by atoms with Crippen LogP contribution in [0, 0.1) is 11.2 Å². The van der Waals surface area contributed by atoms with Crippen molar-refractivity contribution in [3.63, 3.8) is 0 Å². The van der Waals surface area contributed by atoms with E-state index < -0.39 is 0 Å². The van der Waals surface area contributed by atoms with E-state index in [9.17, 15) is 4.39 Å². The lowest BCUT2D eigenvalue weighted by atomic mass is 9.88. The summed E-state index contributed by atoms with van der Waals surface area (Å²) in [6, 6.07) is 4.91. The van der Waals surface area contributed by atoms with Gasteiger partial charge >= 0.3 is 0 Å². The number of benzene rings is 1. The molecule has 0 bridgehead atoms. The van der Waals surface area contributed by atoms with E-state index in [4.69, 9.17) is 5.73 Å². The van der Waals surface area contributed by atoms with Gasteiger partial charge in [-0.05, 0) is 36.0 Å². The normalized spacial score (nSPS) is 11.7. The van der Waals surface area contributed by atoms with E-state index in [1.165, 1.54) is 6.07 Å². The zero-order chi connectivity index (χ0) is 10.8. The fourth-order valence-corrected chi connectivity index (χ4v) is 1.28. The smallest absolute Gasteiger partial charge is 0.128 e. The van der Waals surface area contributed by atoms with Crippen molar-refractivity contribution in [2.75, 3.05) is 5.73 Å². The maximum Gasteiger partial charge on any atom is 0.128 e. The van der Waals surface area contributed by atoms with Gasteiger partial charge in [-0.25, -0.2) is 4.39 Å².